The maximum atomic E-state index is 14.7. The van der Waals surface area contributed by atoms with Crippen LogP contribution in [0.4, 0.5) is 61.5 Å². The molecular weight excluding hydrogens is 410 g/mol. The molecule has 1 fully saturated rings. The summed E-state index contributed by atoms with van der Waals surface area (Å²) in [5.41, 5.74) is -11.8. The van der Waals surface area contributed by atoms with Gasteiger partial charge in [0.2, 0.25) is 11.3 Å². The number of hydrogen-bond donors (Lipinski definition) is 0. The Kier molecular flexibility index (Phi) is 5.11. The maximum absolute atomic E-state index is 14.7. The fourth-order valence-electron chi connectivity index (χ4n) is 3.02. The molecule has 26 heavy (non-hydrogen) atoms. The van der Waals surface area contributed by atoms with Crippen molar-refractivity contribution in [3.05, 3.63) is 0 Å². The van der Waals surface area contributed by atoms with Gasteiger partial charge in [0.25, 0.3) is 0 Å². The summed E-state index contributed by atoms with van der Waals surface area (Å²) in [7, 11) is 0. The second-order valence-corrected chi connectivity index (χ2v) is 5.88. The lowest BCUT2D eigenvalue weighted by atomic mass is 9.73. The molecule has 0 bridgehead atoms. The average Bonchev–Trinajstić information content (AvgIpc) is 2.71. The van der Waals surface area contributed by atoms with E-state index in [0.29, 0.717) is 6.92 Å². The molecule has 1 aliphatic carbocycles. The quantitative estimate of drug-likeness (QED) is 0.472. The summed E-state index contributed by atoms with van der Waals surface area (Å²) in [6.45, 7) is 0.664. The molecule has 1 aliphatic rings. The van der Waals surface area contributed by atoms with Crippen molar-refractivity contribution in [1.82, 2.24) is 0 Å². The summed E-state index contributed by atoms with van der Waals surface area (Å²) < 4.78 is 184. The predicted octanol–water partition coefficient (Wildman–Crippen LogP) is 6.25. The second kappa shape index (κ2) is 5.76. The number of hydrogen-bond acceptors (Lipinski definition) is 0. The minimum absolute atomic E-state index is 0.664. The lowest BCUT2D eigenvalue weighted by Gasteiger charge is -2.46. The first-order chi connectivity index (χ1) is 11.2. The third kappa shape index (κ3) is 2.49. The zero-order chi connectivity index (χ0) is 21.2. The van der Waals surface area contributed by atoms with E-state index < -0.39 is 66.6 Å². The lowest BCUT2D eigenvalue weighted by molar-refractivity contribution is -0.428. The van der Waals surface area contributed by atoms with Crippen molar-refractivity contribution >= 4 is 0 Å². The first-order valence-electron chi connectivity index (χ1n) is 6.81. The fraction of sp³-hybridized carbons (Fsp3) is 1.00. The van der Waals surface area contributed by atoms with E-state index in [1.54, 1.807) is 0 Å². The molecule has 0 radical (unpaired) electrons. The van der Waals surface area contributed by atoms with Crippen molar-refractivity contribution in [2.45, 2.75) is 67.6 Å². The summed E-state index contributed by atoms with van der Waals surface area (Å²) in [6.07, 6.45) is -18.7. The summed E-state index contributed by atoms with van der Waals surface area (Å²) in [4.78, 5) is 0. The van der Waals surface area contributed by atoms with Crippen LogP contribution in [-0.4, -0.2) is 41.5 Å². The van der Waals surface area contributed by atoms with Crippen LogP contribution < -0.4 is 0 Å². The molecule has 0 heterocycles. The monoisotopic (exact) mass is 420 g/mol. The molecule has 1 saturated carbocycles. The highest BCUT2D eigenvalue weighted by Crippen LogP contribution is 2.68. The molecule has 0 spiro atoms. The summed E-state index contributed by atoms with van der Waals surface area (Å²) in [6, 6.07) is 0. The molecule has 156 valence electrons. The van der Waals surface area contributed by atoms with E-state index in [1.807, 2.05) is 0 Å². The van der Waals surface area contributed by atoms with E-state index >= 15 is 0 Å². The Morgan fingerprint density at radius 1 is 0.769 bits per heavy atom. The molecule has 0 N–H and O–H groups in total. The highest BCUT2D eigenvalue weighted by Gasteiger charge is 2.93. The van der Waals surface area contributed by atoms with E-state index in [0.717, 1.165) is 0 Å². The maximum Gasteiger partial charge on any atom is 0.460 e. The van der Waals surface area contributed by atoms with E-state index in [9.17, 15) is 61.5 Å². The Balaban J connectivity index is 3.74. The Bertz CT molecular complexity index is 531. The minimum Gasteiger partial charge on any atom is -0.233 e. The van der Waals surface area contributed by atoms with Crippen LogP contribution in [0.3, 0.4) is 0 Å². The van der Waals surface area contributed by atoms with Gasteiger partial charge >= 0.3 is 30.1 Å². The summed E-state index contributed by atoms with van der Waals surface area (Å²) >= 11 is 0. The van der Waals surface area contributed by atoms with Crippen molar-refractivity contribution in [2.75, 3.05) is 0 Å². The Hall–Kier alpha value is -0.980. The van der Waals surface area contributed by atoms with Gasteiger partial charge in [0, 0.05) is 5.92 Å². The van der Waals surface area contributed by atoms with Crippen LogP contribution in [-0.2, 0) is 0 Å². The SMILES string of the molecule is CCC1CCC(F)(C(F)(F)F)C1(F)C(F)(F)C(F)(F)C(F)(F)C(F)(F)F. The lowest BCUT2D eigenvalue weighted by Crippen LogP contribution is -2.74. The van der Waals surface area contributed by atoms with Crippen LogP contribution >= 0.6 is 0 Å². The molecule has 0 aliphatic heterocycles. The van der Waals surface area contributed by atoms with Crippen LogP contribution in [0.5, 0.6) is 0 Å². The Morgan fingerprint density at radius 2 is 1.19 bits per heavy atom. The Morgan fingerprint density at radius 3 is 1.50 bits per heavy atom. The first kappa shape index (κ1) is 23.1. The molecule has 3 atom stereocenters. The first-order valence-corrected chi connectivity index (χ1v) is 6.81. The highest BCUT2D eigenvalue weighted by molar-refractivity contribution is 5.24. The van der Waals surface area contributed by atoms with Crippen molar-refractivity contribution in [2.24, 2.45) is 5.92 Å². The number of halogens is 14. The fourth-order valence-corrected chi connectivity index (χ4v) is 3.02. The highest BCUT2D eigenvalue weighted by atomic mass is 19.4. The molecule has 0 nitrogen and oxygen atoms in total. The third-order valence-electron chi connectivity index (χ3n) is 4.52. The normalized spacial score (nSPS) is 32.2. The van der Waals surface area contributed by atoms with E-state index in [-0.39, 0.29) is 0 Å². The minimum atomic E-state index is -7.70. The van der Waals surface area contributed by atoms with Crippen LogP contribution in [0.25, 0.3) is 0 Å². The van der Waals surface area contributed by atoms with Crippen molar-refractivity contribution in [1.29, 1.82) is 0 Å². The van der Waals surface area contributed by atoms with Gasteiger partial charge in [-0.3, -0.25) is 0 Å². The molecule has 3 unspecified atom stereocenters. The van der Waals surface area contributed by atoms with Gasteiger partial charge in [-0.15, -0.1) is 0 Å². The van der Waals surface area contributed by atoms with Crippen molar-refractivity contribution in [3.63, 3.8) is 0 Å². The van der Waals surface area contributed by atoms with E-state index in [2.05, 4.69) is 0 Å². The van der Waals surface area contributed by atoms with Crippen LogP contribution in [0.2, 0.25) is 0 Å². The van der Waals surface area contributed by atoms with E-state index in [1.165, 1.54) is 0 Å². The molecule has 14 heteroatoms. The Labute approximate surface area is 136 Å². The molecular formula is C12H10F14. The number of alkyl halides is 14. The summed E-state index contributed by atoms with van der Waals surface area (Å²) in [5.74, 6) is -25.6. The molecule has 0 aromatic heterocycles. The van der Waals surface area contributed by atoms with Gasteiger partial charge < -0.3 is 0 Å². The van der Waals surface area contributed by atoms with Crippen LogP contribution in [0.1, 0.15) is 26.2 Å². The second-order valence-electron chi connectivity index (χ2n) is 5.88. The standard InChI is InChI=1S/C12H10F14/c1-2-5-3-4-6(13,11(21,22)23)7(5,14)8(15,16)9(17,18)10(19,20)12(24,25)26/h5H,2-4H2,1H3. The molecule has 0 aromatic carbocycles. The van der Waals surface area contributed by atoms with Crippen LogP contribution in [0.15, 0.2) is 0 Å². The van der Waals surface area contributed by atoms with Gasteiger partial charge in [-0.25, -0.2) is 8.78 Å². The van der Waals surface area contributed by atoms with Crippen molar-refractivity contribution in [3.8, 4) is 0 Å². The largest absolute Gasteiger partial charge is 0.460 e. The average molecular weight is 420 g/mol. The zero-order valence-electron chi connectivity index (χ0n) is 12.5. The molecule has 0 amide bonds. The predicted molar refractivity (Wildman–Crippen MR) is 57.6 cm³/mol. The zero-order valence-corrected chi connectivity index (χ0v) is 12.5. The smallest absolute Gasteiger partial charge is 0.233 e. The molecule has 0 saturated heterocycles. The topological polar surface area (TPSA) is 0 Å². The van der Waals surface area contributed by atoms with Gasteiger partial charge in [-0.2, -0.15) is 52.7 Å². The third-order valence-corrected chi connectivity index (χ3v) is 4.52. The van der Waals surface area contributed by atoms with Crippen molar-refractivity contribution < 1.29 is 61.5 Å². The molecule has 0 aromatic rings. The van der Waals surface area contributed by atoms with Gasteiger partial charge in [-0.05, 0) is 19.3 Å². The van der Waals surface area contributed by atoms with Crippen LogP contribution in [0, 0.1) is 5.92 Å². The van der Waals surface area contributed by atoms with E-state index in [4.69, 9.17) is 0 Å². The van der Waals surface area contributed by atoms with Gasteiger partial charge in [0.1, 0.15) is 0 Å². The number of rotatable bonds is 4. The van der Waals surface area contributed by atoms with Gasteiger partial charge in [-0.1, -0.05) is 6.92 Å². The summed E-state index contributed by atoms with van der Waals surface area (Å²) in [5, 5.41) is 0. The van der Waals surface area contributed by atoms with Gasteiger partial charge in [0.15, 0.2) is 0 Å². The molecule has 1 rings (SSSR count). The van der Waals surface area contributed by atoms with Gasteiger partial charge in [0.05, 0.1) is 0 Å².